The fourth-order valence-electron chi connectivity index (χ4n) is 2.42. The Hall–Kier alpha value is -0.790. The molecular weight excluding hydrogens is 220 g/mol. The van der Waals surface area contributed by atoms with Crippen molar-refractivity contribution in [3.05, 3.63) is 6.17 Å². The second kappa shape index (κ2) is 10.2. The van der Waals surface area contributed by atoms with Crippen molar-refractivity contribution < 1.29 is 0 Å². The van der Waals surface area contributed by atoms with Crippen LogP contribution in [0, 0.1) is 12.1 Å². The van der Waals surface area contributed by atoms with Gasteiger partial charge in [-0.25, -0.2) is 0 Å². The zero-order valence-corrected chi connectivity index (χ0v) is 12.2. The molecule has 0 radical (unpaired) electrons. The lowest BCUT2D eigenvalue weighted by molar-refractivity contribution is 0.436. The first-order valence-corrected chi connectivity index (χ1v) is 7.75. The molecule has 0 aromatic rings. The van der Waals surface area contributed by atoms with Gasteiger partial charge < -0.3 is 0 Å². The molecule has 0 amide bonds. The summed E-state index contributed by atoms with van der Waals surface area (Å²) in [6.45, 7) is 4.68. The van der Waals surface area contributed by atoms with Crippen molar-refractivity contribution in [2.24, 2.45) is 15.9 Å². The van der Waals surface area contributed by atoms with Crippen LogP contribution >= 0.6 is 0 Å². The van der Waals surface area contributed by atoms with Crippen LogP contribution in [0.4, 0.5) is 0 Å². The fourth-order valence-corrected chi connectivity index (χ4v) is 2.42. The predicted molar refractivity (Wildman–Crippen MR) is 81.2 cm³/mol. The molecule has 0 spiro atoms. The van der Waals surface area contributed by atoms with Crippen LogP contribution in [0.1, 0.15) is 78.1 Å². The van der Waals surface area contributed by atoms with E-state index >= 15 is 0 Å². The van der Waals surface area contributed by atoms with Crippen LogP contribution < -0.4 is 0 Å². The summed E-state index contributed by atoms with van der Waals surface area (Å²) in [6.07, 6.45) is 18.0. The smallest absolute Gasteiger partial charge is 0.0968 e. The third-order valence-electron chi connectivity index (χ3n) is 3.66. The van der Waals surface area contributed by atoms with Gasteiger partial charge in [-0.3, -0.25) is 0 Å². The summed E-state index contributed by atoms with van der Waals surface area (Å²) in [6, 6.07) is 0. The van der Waals surface area contributed by atoms with Crippen molar-refractivity contribution in [1.82, 2.24) is 0 Å². The molecule has 1 aliphatic rings. The SMILES string of the molecule is CCCCCCCC(C)CCCC[C+]1N=CC=N1. The lowest BCUT2D eigenvalue weighted by Crippen LogP contribution is -1.96. The Morgan fingerprint density at radius 2 is 1.50 bits per heavy atom. The summed E-state index contributed by atoms with van der Waals surface area (Å²) < 4.78 is 0. The summed E-state index contributed by atoms with van der Waals surface area (Å²) in [7, 11) is 0. The Balaban J connectivity index is 1.85. The van der Waals surface area contributed by atoms with Gasteiger partial charge in [-0.05, 0) is 12.3 Å². The van der Waals surface area contributed by atoms with Crippen molar-refractivity contribution in [2.75, 3.05) is 0 Å². The highest BCUT2D eigenvalue weighted by Gasteiger charge is 2.14. The highest BCUT2D eigenvalue weighted by Crippen LogP contribution is 2.20. The first-order chi connectivity index (χ1) is 8.83. The van der Waals surface area contributed by atoms with Gasteiger partial charge in [0.25, 0.3) is 0 Å². The van der Waals surface area contributed by atoms with E-state index in [9.17, 15) is 0 Å². The Kier molecular flexibility index (Phi) is 8.62. The van der Waals surface area contributed by atoms with Crippen LogP contribution in [0.3, 0.4) is 0 Å². The number of hydrogen-bond donors (Lipinski definition) is 0. The maximum atomic E-state index is 4.20. The molecule has 0 N–H and O–H groups in total. The minimum Gasteiger partial charge on any atom is -0.0968 e. The second-order valence-electron chi connectivity index (χ2n) is 5.53. The van der Waals surface area contributed by atoms with Gasteiger partial charge in [0.1, 0.15) is 0 Å². The molecule has 0 saturated carbocycles. The Morgan fingerprint density at radius 1 is 0.889 bits per heavy atom. The highest BCUT2D eigenvalue weighted by atomic mass is 15.0. The molecule has 1 rings (SSSR count). The quantitative estimate of drug-likeness (QED) is 0.356. The van der Waals surface area contributed by atoms with Crippen molar-refractivity contribution in [3.63, 3.8) is 0 Å². The zero-order valence-electron chi connectivity index (χ0n) is 12.2. The first-order valence-electron chi connectivity index (χ1n) is 7.75. The van der Waals surface area contributed by atoms with Gasteiger partial charge in [-0.15, -0.1) is 0 Å². The molecule has 1 unspecified atom stereocenters. The maximum absolute atomic E-state index is 4.20. The average molecular weight is 249 g/mol. The standard InChI is InChI=1S/C16H29N2/c1-3-4-5-6-7-10-15(2)11-8-9-12-16-17-13-14-18-16/h13-15H,3-12H2,1-2H3/q+1. The van der Waals surface area contributed by atoms with Gasteiger partial charge in [0.05, 0.1) is 6.42 Å². The van der Waals surface area contributed by atoms with E-state index in [1.807, 2.05) is 0 Å². The molecule has 0 aromatic heterocycles. The third kappa shape index (κ3) is 7.52. The largest absolute Gasteiger partial charge is 0.240 e. The van der Waals surface area contributed by atoms with E-state index in [-0.39, 0.29) is 0 Å². The number of hydrogen-bond acceptors (Lipinski definition) is 2. The topological polar surface area (TPSA) is 24.7 Å². The van der Waals surface area contributed by atoms with E-state index in [0.717, 1.165) is 18.5 Å². The molecule has 1 heterocycles. The van der Waals surface area contributed by atoms with E-state index in [1.54, 1.807) is 12.4 Å². The van der Waals surface area contributed by atoms with Crippen molar-refractivity contribution in [2.45, 2.75) is 78.1 Å². The minimum absolute atomic E-state index is 0.896. The summed E-state index contributed by atoms with van der Waals surface area (Å²) in [4.78, 5) is 8.40. The fraction of sp³-hybridized carbons (Fsp3) is 0.812. The summed E-state index contributed by atoms with van der Waals surface area (Å²) in [5.41, 5.74) is 0. The lowest BCUT2D eigenvalue weighted by atomic mass is 9.96. The van der Waals surface area contributed by atoms with Crippen LogP contribution in [0.5, 0.6) is 0 Å². The molecule has 2 nitrogen and oxygen atoms in total. The number of nitrogens with zero attached hydrogens (tertiary/aromatic N) is 2. The van der Waals surface area contributed by atoms with Gasteiger partial charge in [-0.1, -0.05) is 75.2 Å². The third-order valence-corrected chi connectivity index (χ3v) is 3.66. The van der Waals surface area contributed by atoms with Crippen LogP contribution in [0.2, 0.25) is 0 Å². The first kappa shape index (κ1) is 15.3. The average Bonchev–Trinajstić information content (AvgIpc) is 2.87. The van der Waals surface area contributed by atoms with Gasteiger partial charge in [0, 0.05) is 0 Å². The maximum Gasteiger partial charge on any atom is 0.240 e. The minimum atomic E-state index is 0.896. The van der Waals surface area contributed by atoms with E-state index in [0.29, 0.717) is 0 Å². The van der Waals surface area contributed by atoms with E-state index in [2.05, 4.69) is 23.8 Å². The Morgan fingerprint density at radius 3 is 2.17 bits per heavy atom. The Labute approximate surface area is 113 Å². The van der Waals surface area contributed by atoms with Gasteiger partial charge in [0.2, 0.25) is 6.17 Å². The molecule has 2 heteroatoms. The molecule has 0 saturated heterocycles. The van der Waals surface area contributed by atoms with E-state index < -0.39 is 0 Å². The van der Waals surface area contributed by atoms with Gasteiger partial charge >= 0.3 is 0 Å². The van der Waals surface area contributed by atoms with Gasteiger partial charge in [-0.2, -0.15) is 0 Å². The van der Waals surface area contributed by atoms with E-state index in [4.69, 9.17) is 0 Å². The van der Waals surface area contributed by atoms with Crippen LogP contribution in [0.25, 0.3) is 0 Å². The molecule has 0 fully saturated rings. The highest BCUT2D eigenvalue weighted by molar-refractivity contribution is 6.18. The molecular formula is C16H29N2+. The molecule has 0 bridgehead atoms. The van der Waals surface area contributed by atoms with Crippen LogP contribution in [-0.4, -0.2) is 12.4 Å². The molecule has 0 aliphatic carbocycles. The van der Waals surface area contributed by atoms with Crippen molar-refractivity contribution >= 4 is 12.4 Å². The predicted octanol–water partition coefficient (Wildman–Crippen LogP) is 5.19. The van der Waals surface area contributed by atoms with Gasteiger partial charge in [0.15, 0.2) is 12.4 Å². The normalized spacial score (nSPS) is 15.6. The molecule has 0 aromatic carbocycles. The van der Waals surface area contributed by atoms with Crippen molar-refractivity contribution in [3.8, 4) is 0 Å². The summed E-state index contributed by atoms with van der Waals surface area (Å²) >= 11 is 0. The van der Waals surface area contributed by atoms with E-state index in [1.165, 1.54) is 57.8 Å². The van der Waals surface area contributed by atoms with Crippen LogP contribution in [-0.2, 0) is 0 Å². The zero-order chi connectivity index (χ0) is 13.1. The molecule has 102 valence electrons. The number of rotatable bonds is 11. The monoisotopic (exact) mass is 249 g/mol. The van der Waals surface area contributed by atoms with Crippen molar-refractivity contribution in [1.29, 1.82) is 0 Å². The number of aliphatic imine (C=N–C) groups is 2. The lowest BCUT2D eigenvalue weighted by Gasteiger charge is -2.10. The summed E-state index contributed by atoms with van der Waals surface area (Å²) in [5, 5.41) is 0. The summed E-state index contributed by atoms with van der Waals surface area (Å²) in [5.74, 6) is 0.896. The molecule has 1 aliphatic heterocycles. The molecule has 1 atom stereocenters. The Bertz CT molecular complexity index is 233. The van der Waals surface area contributed by atoms with Crippen LogP contribution in [0.15, 0.2) is 9.98 Å². The second-order valence-corrected chi connectivity index (χ2v) is 5.53. The molecule has 18 heavy (non-hydrogen) atoms. The number of unbranched alkanes of at least 4 members (excludes halogenated alkanes) is 5.